The number of aliphatic hydroxyl groups excluding tert-OH is 1. The molecule has 7 nitrogen and oxygen atoms in total. The molecule has 1 aromatic heterocycles. The zero-order chi connectivity index (χ0) is 15.4. The first-order valence-electron chi connectivity index (χ1n) is 6.87. The van der Waals surface area contributed by atoms with Crippen LogP contribution < -0.4 is 11.1 Å². The Morgan fingerprint density at radius 2 is 1.86 bits per heavy atom. The minimum Gasteiger partial charge on any atom is -0.399 e. The predicted octanol–water partition coefficient (Wildman–Crippen LogP) is 1.66. The van der Waals surface area contributed by atoms with Crippen LogP contribution >= 0.6 is 0 Å². The number of para-hydroxylation sites is 1. The molecule has 0 fully saturated rings. The van der Waals surface area contributed by atoms with Crippen molar-refractivity contribution in [2.75, 3.05) is 17.7 Å². The summed E-state index contributed by atoms with van der Waals surface area (Å²) in [6.45, 7) is 0.293. The first-order chi connectivity index (χ1) is 10.8. The zero-order valence-corrected chi connectivity index (χ0v) is 11.8. The van der Waals surface area contributed by atoms with E-state index in [-0.39, 0.29) is 6.61 Å². The highest BCUT2D eigenvalue weighted by atomic mass is 16.3. The SMILES string of the molecule is Nc1ccc(Nc2ccccc2-c2nnn(CCO)n2)cc1. The van der Waals surface area contributed by atoms with Crippen LogP contribution in [0.1, 0.15) is 0 Å². The number of aromatic nitrogens is 4. The number of nitrogens with two attached hydrogens (primary N) is 1. The summed E-state index contributed by atoms with van der Waals surface area (Å²) in [5.74, 6) is 0.506. The van der Waals surface area contributed by atoms with Crippen LogP contribution in [0.15, 0.2) is 48.5 Å². The first kappa shape index (κ1) is 14.0. The quantitative estimate of drug-likeness (QED) is 0.619. The number of nitrogens with one attached hydrogen (secondary N) is 1. The molecule has 0 saturated carbocycles. The summed E-state index contributed by atoms with van der Waals surface area (Å²) in [7, 11) is 0. The summed E-state index contributed by atoms with van der Waals surface area (Å²) >= 11 is 0. The number of hydrogen-bond donors (Lipinski definition) is 3. The Kier molecular flexibility index (Phi) is 3.97. The van der Waals surface area contributed by atoms with Crippen LogP contribution in [0.2, 0.25) is 0 Å². The van der Waals surface area contributed by atoms with E-state index in [1.165, 1.54) is 4.80 Å². The van der Waals surface area contributed by atoms with Gasteiger partial charge in [-0.3, -0.25) is 0 Å². The second-order valence-electron chi connectivity index (χ2n) is 4.73. The van der Waals surface area contributed by atoms with Gasteiger partial charge >= 0.3 is 0 Å². The number of nitrogens with zero attached hydrogens (tertiary/aromatic N) is 4. The maximum absolute atomic E-state index is 8.92. The van der Waals surface area contributed by atoms with E-state index in [0.717, 1.165) is 16.9 Å². The maximum atomic E-state index is 8.92. The number of nitrogen functional groups attached to an aromatic ring is 1. The van der Waals surface area contributed by atoms with E-state index in [2.05, 4.69) is 20.7 Å². The lowest BCUT2D eigenvalue weighted by molar-refractivity contribution is 0.259. The second kappa shape index (κ2) is 6.23. The van der Waals surface area contributed by atoms with Gasteiger partial charge in [0.25, 0.3) is 0 Å². The molecular formula is C15H16N6O. The van der Waals surface area contributed by atoms with Crippen LogP contribution in [0.5, 0.6) is 0 Å². The highest BCUT2D eigenvalue weighted by Crippen LogP contribution is 2.27. The molecule has 3 rings (SSSR count). The fraction of sp³-hybridized carbons (Fsp3) is 0.133. The number of anilines is 3. The van der Waals surface area contributed by atoms with Crippen LogP contribution in [0.3, 0.4) is 0 Å². The van der Waals surface area contributed by atoms with Crippen LogP contribution in [0, 0.1) is 0 Å². The highest BCUT2D eigenvalue weighted by Gasteiger charge is 2.10. The van der Waals surface area contributed by atoms with E-state index in [1.807, 2.05) is 48.5 Å². The van der Waals surface area contributed by atoms with Crippen LogP contribution in [-0.2, 0) is 6.54 Å². The van der Waals surface area contributed by atoms with Crippen LogP contribution in [-0.4, -0.2) is 31.9 Å². The van der Waals surface area contributed by atoms with E-state index in [1.54, 1.807) is 0 Å². The Hall–Kier alpha value is -2.93. The van der Waals surface area contributed by atoms with E-state index in [0.29, 0.717) is 18.1 Å². The minimum atomic E-state index is -0.0267. The molecule has 0 unspecified atom stereocenters. The molecule has 0 bridgehead atoms. The summed E-state index contributed by atoms with van der Waals surface area (Å²) < 4.78 is 0. The van der Waals surface area contributed by atoms with Gasteiger partial charge in [0.05, 0.1) is 13.2 Å². The van der Waals surface area contributed by atoms with Gasteiger partial charge in [0.1, 0.15) is 0 Å². The average Bonchev–Trinajstić information content (AvgIpc) is 2.99. The third-order valence-electron chi connectivity index (χ3n) is 3.11. The van der Waals surface area contributed by atoms with E-state index < -0.39 is 0 Å². The molecule has 4 N–H and O–H groups in total. The molecule has 3 aromatic rings. The van der Waals surface area contributed by atoms with Crippen molar-refractivity contribution in [3.05, 3.63) is 48.5 Å². The molecule has 0 spiro atoms. The van der Waals surface area contributed by atoms with Gasteiger partial charge in [0.2, 0.25) is 5.82 Å². The van der Waals surface area contributed by atoms with Crippen molar-refractivity contribution >= 4 is 17.1 Å². The number of aliphatic hydroxyl groups is 1. The van der Waals surface area contributed by atoms with Crippen molar-refractivity contribution < 1.29 is 5.11 Å². The van der Waals surface area contributed by atoms with Crippen molar-refractivity contribution in [2.45, 2.75) is 6.54 Å². The molecule has 22 heavy (non-hydrogen) atoms. The zero-order valence-electron chi connectivity index (χ0n) is 11.8. The number of benzene rings is 2. The number of tetrazole rings is 1. The van der Waals surface area contributed by atoms with Crippen molar-refractivity contribution in [1.29, 1.82) is 0 Å². The molecule has 0 aliphatic carbocycles. The Labute approximate surface area is 127 Å². The third kappa shape index (κ3) is 3.04. The largest absolute Gasteiger partial charge is 0.399 e. The third-order valence-corrected chi connectivity index (χ3v) is 3.11. The number of rotatable bonds is 5. The molecule has 112 valence electrons. The fourth-order valence-corrected chi connectivity index (χ4v) is 2.04. The average molecular weight is 296 g/mol. The van der Waals surface area contributed by atoms with Crippen molar-refractivity contribution in [1.82, 2.24) is 20.2 Å². The minimum absolute atomic E-state index is 0.0267. The van der Waals surface area contributed by atoms with E-state index >= 15 is 0 Å². The second-order valence-corrected chi connectivity index (χ2v) is 4.73. The summed E-state index contributed by atoms with van der Waals surface area (Å²) in [5.41, 5.74) is 9.04. The maximum Gasteiger partial charge on any atom is 0.207 e. The summed E-state index contributed by atoms with van der Waals surface area (Å²) in [6.07, 6.45) is 0. The molecule has 7 heteroatoms. The molecule has 0 saturated heterocycles. The lowest BCUT2D eigenvalue weighted by Crippen LogP contribution is -2.05. The molecule has 0 atom stereocenters. The molecular weight excluding hydrogens is 280 g/mol. The Morgan fingerprint density at radius 1 is 1.09 bits per heavy atom. The summed E-state index contributed by atoms with van der Waals surface area (Å²) in [5, 5.41) is 24.4. The number of hydrogen-bond acceptors (Lipinski definition) is 6. The van der Waals surface area contributed by atoms with Gasteiger partial charge in [-0.15, -0.1) is 10.2 Å². The van der Waals surface area contributed by atoms with Gasteiger partial charge in [-0.2, -0.15) is 4.80 Å². The molecule has 2 aromatic carbocycles. The van der Waals surface area contributed by atoms with Crippen molar-refractivity contribution in [3.63, 3.8) is 0 Å². The van der Waals surface area contributed by atoms with E-state index in [9.17, 15) is 0 Å². The molecule has 0 radical (unpaired) electrons. The summed E-state index contributed by atoms with van der Waals surface area (Å²) in [6, 6.07) is 15.2. The van der Waals surface area contributed by atoms with Crippen molar-refractivity contribution in [2.24, 2.45) is 0 Å². The van der Waals surface area contributed by atoms with Gasteiger partial charge in [0.15, 0.2) is 0 Å². The standard InChI is InChI=1S/C15H16N6O/c16-11-5-7-12(8-6-11)17-14-4-2-1-3-13(14)15-18-20-21(19-15)9-10-22/h1-8,17,22H,9-10,16H2. The van der Waals surface area contributed by atoms with Crippen molar-refractivity contribution in [3.8, 4) is 11.4 Å². The lowest BCUT2D eigenvalue weighted by Gasteiger charge is -2.10. The fourth-order valence-electron chi connectivity index (χ4n) is 2.04. The van der Waals surface area contributed by atoms with E-state index in [4.69, 9.17) is 10.8 Å². The Morgan fingerprint density at radius 3 is 2.64 bits per heavy atom. The normalized spacial score (nSPS) is 10.6. The van der Waals surface area contributed by atoms with Gasteiger partial charge in [0, 0.05) is 22.6 Å². The summed E-state index contributed by atoms with van der Waals surface area (Å²) in [4.78, 5) is 1.37. The van der Waals surface area contributed by atoms with Gasteiger partial charge in [-0.25, -0.2) is 0 Å². The van der Waals surface area contributed by atoms with Gasteiger partial charge in [-0.1, -0.05) is 12.1 Å². The Balaban J connectivity index is 1.90. The predicted molar refractivity (Wildman–Crippen MR) is 84.5 cm³/mol. The highest BCUT2D eigenvalue weighted by molar-refractivity contribution is 5.77. The molecule has 0 aliphatic heterocycles. The molecule has 0 amide bonds. The van der Waals surface area contributed by atoms with Crippen LogP contribution in [0.25, 0.3) is 11.4 Å². The van der Waals surface area contributed by atoms with Crippen LogP contribution in [0.4, 0.5) is 17.1 Å². The Bertz CT molecular complexity index is 753. The smallest absolute Gasteiger partial charge is 0.207 e. The van der Waals surface area contributed by atoms with Gasteiger partial charge in [-0.05, 0) is 41.6 Å². The van der Waals surface area contributed by atoms with Gasteiger partial charge < -0.3 is 16.2 Å². The molecule has 1 heterocycles. The topological polar surface area (TPSA) is 102 Å². The lowest BCUT2D eigenvalue weighted by atomic mass is 10.1. The monoisotopic (exact) mass is 296 g/mol. The molecule has 0 aliphatic rings. The first-order valence-corrected chi connectivity index (χ1v) is 6.87.